The van der Waals surface area contributed by atoms with E-state index in [0.29, 0.717) is 37.7 Å². The Balaban J connectivity index is 1.79. The largest absolute Gasteiger partial charge is 0.493 e. The summed E-state index contributed by atoms with van der Waals surface area (Å²) in [4.78, 5) is 27.4. The average Bonchev–Trinajstić information content (AvgIpc) is 3.42. The molecule has 0 aromatic heterocycles. The van der Waals surface area contributed by atoms with Crippen LogP contribution in [0.4, 0.5) is 0 Å². The maximum atomic E-state index is 13.0. The highest BCUT2D eigenvalue weighted by atomic mass is 16.5. The molecule has 2 fully saturated rings. The number of benzene rings is 1. The van der Waals surface area contributed by atoms with Gasteiger partial charge in [-0.05, 0) is 30.5 Å². The van der Waals surface area contributed by atoms with Crippen molar-refractivity contribution in [1.82, 2.24) is 9.80 Å². The van der Waals surface area contributed by atoms with Crippen molar-refractivity contribution in [2.45, 2.75) is 18.3 Å². The topological polar surface area (TPSA) is 59.1 Å². The number of piperazine rings is 1. The SMILES string of the molecule is COc1ccc(C2(C(=O)N3CCN(C=O)CC3)CC2)cc1OC. The van der Waals surface area contributed by atoms with Crippen molar-refractivity contribution in [2.24, 2.45) is 0 Å². The molecule has 1 aromatic carbocycles. The van der Waals surface area contributed by atoms with Gasteiger partial charge in [-0.25, -0.2) is 0 Å². The lowest BCUT2D eigenvalue weighted by Crippen LogP contribution is -2.51. The van der Waals surface area contributed by atoms with Crippen LogP contribution in [0.15, 0.2) is 18.2 Å². The molecule has 6 heteroatoms. The Bertz CT molecular complexity index is 605. The first-order valence-electron chi connectivity index (χ1n) is 7.86. The van der Waals surface area contributed by atoms with Crippen molar-refractivity contribution in [3.05, 3.63) is 23.8 Å². The van der Waals surface area contributed by atoms with Crippen LogP contribution in [0.1, 0.15) is 18.4 Å². The molecule has 3 rings (SSSR count). The molecular formula is C17H22N2O4. The van der Waals surface area contributed by atoms with Gasteiger partial charge in [0.25, 0.3) is 0 Å². The highest BCUT2D eigenvalue weighted by molar-refractivity contribution is 5.91. The Morgan fingerprint density at radius 1 is 1.09 bits per heavy atom. The Morgan fingerprint density at radius 3 is 2.26 bits per heavy atom. The third-order valence-electron chi connectivity index (χ3n) is 4.85. The number of rotatable bonds is 5. The number of amides is 2. The van der Waals surface area contributed by atoms with Crippen molar-refractivity contribution in [1.29, 1.82) is 0 Å². The first-order chi connectivity index (χ1) is 11.1. The van der Waals surface area contributed by atoms with E-state index < -0.39 is 5.41 Å². The van der Waals surface area contributed by atoms with Gasteiger partial charge in [-0.15, -0.1) is 0 Å². The molecule has 0 N–H and O–H groups in total. The van der Waals surface area contributed by atoms with Crippen LogP contribution in [-0.2, 0) is 15.0 Å². The van der Waals surface area contributed by atoms with Crippen LogP contribution in [-0.4, -0.2) is 62.5 Å². The lowest BCUT2D eigenvalue weighted by atomic mass is 9.93. The van der Waals surface area contributed by atoms with Gasteiger partial charge in [0.2, 0.25) is 12.3 Å². The van der Waals surface area contributed by atoms with Gasteiger partial charge in [0.05, 0.1) is 19.6 Å². The van der Waals surface area contributed by atoms with Gasteiger partial charge in [-0.3, -0.25) is 9.59 Å². The summed E-state index contributed by atoms with van der Waals surface area (Å²) in [7, 11) is 3.20. The van der Waals surface area contributed by atoms with Crippen LogP contribution in [0, 0.1) is 0 Å². The molecule has 1 aromatic rings. The van der Waals surface area contributed by atoms with E-state index in [0.717, 1.165) is 24.8 Å². The van der Waals surface area contributed by atoms with E-state index in [1.165, 1.54) is 0 Å². The van der Waals surface area contributed by atoms with E-state index >= 15 is 0 Å². The summed E-state index contributed by atoms with van der Waals surface area (Å²) in [5.74, 6) is 1.48. The number of methoxy groups -OCH3 is 2. The molecule has 6 nitrogen and oxygen atoms in total. The van der Waals surface area contributed by atoms with E-state index in [4.69, 9.17) is 9.47 Å². The third kappa shape index (κ3) is 2.73. The Hall–Kier alpha value is -2.24. The molecule has 0 atom stereocenters. The molecule has 124 valence electrons. The molecule has 23 heavy (non-hydrogen) atoms. The molecule has 0 unspecified atom stereocenters. The standard InChI is InChI=1S/C17H22N2O4/c1-22-14-4-3-13(11-15(14)23-2)17(5-6-17)16(21)19-9-7-18(12-20)8-10-19/h3-4,11-12H,5-10H2,1-2H3. The molecule has 1 heterocycles. The molecule has 0 spiro atoms. The summed E-state index contributed by atoms with van der Waals surface area (Å²) < 4.78 is 10.6. The second kappa shape index (κ2) is 6.10. The summed E-state index contributed by atoms with van der Waals surface area (Å²) in [5, 5.41) is 0. The van der Waals surface area contributed by atoms with Crippen LogP contribution in [0.25, 0.3) is 0 Å². The fourth-order valence-electron chi connectivity index (χ4n) is 3.22. The molecule has 0 radical (unpaired) electrons. The van der Waals surface area contributed by atoms with E-state index in [1.54, 1.807) is 19.1 Å². The summed E-state index contributed by atoms with van der Waals surface area (Å²) in [6.45, 7) is 2.42. The Kier molecular flexibility index (Phi) is 4.15. The van der Waals surface area contributed by atoms with Crippen molar-refractivity contribution in [3.8, 4) is 11.5 Å². The molecule has 2 amide bonds. The fraction of sp³-hybridized carbons (Fsp3) is 0.529. The molecule has 1 aliphatic carbocycles. The molecule has 1 saturated heterocycles. The lowest BCUT2D eigenvalue weighted by molar-refractivity contribution is -0.137. The van der Waals surface area contributed by atoms with Crippen LogP contribution in [0.5, 0.6) is 11.5 Å². The zero-order valence-corrected chi connectivity index (χ0v) is 13.6. The monoisotopic (exact) mass is 318 g/mol. The third-order valence-corrected chi connectivity index (χ3v) is 4.85. The molecule has 2 aliphatic rings. The summed E-state index contributed by atoms with van der Waals surface area (Å²) in [6.07, 6.45) is 2.56. The second-order valence-corrected chi connectivity index (χ2v) is 6.09. The normalized spacial score (nSPS) is 19.2. The average molecular weight is 318 g/mol. The molecule has 1 aliphatic heterocycles. The van der Waals surface area contributed by atoms with E-state index in [1.807, 2.05) is 23.1 Å². The Labute approximate surface area is 136 Å². The zero-order chi connectivity index (χ0) is 16.4. The summed E-state index contributed by atoms with van der Waals surface area (Å²) in [6, 6.07) is 5.71. The van der Waals surface area contributed by atoms with Crippen LogP contribution < -0.4 is 9.47 Å². The molecule has 1 saturated carbocycles. The highest BCUT2D eigenvalue weighted by Gasteiger charge is 2.53. The summed E-state index contributed by atoms with van der Waals surface area (Å²) in [5.41, 5.74) is 0.557. The fourth-order valence-corrected chi connectivity index (χ4v) is 3.22. The molecular weight excluding hydrogens is 296 g/mol. The number of ether oxygens (including phenoxy) is 2. The van der Waals surface area contributed by atoms with Crippen molar-refractivity contribution < 1.29 is 19.1 Å². The number of carbonyl (C=O) groups excluding carboxylic acids is 2. The highest BCUT2D eigenvalue weighted by Crippen LogP contribution is 2.51. The van der Waals surface area contributed by atoms with Gasteiger partial charge in [-0.1, -0.05) is 6.07 Å². The van der Waals surface area contributed by atoms with Gasteiger partial charge in [0.1, 0.15) is 0 Å². The number of hydrogen-bond donors (Lipinski definition) is 0. The van der Waals surface area contributed by atoms with Crippen LogP contribution in [0.3, 0.4) is 0 Å². The Morgan fingerprint density at radius 2 is 1.74 bits per heavy atom. The molecule has 0 bridgehead atoms. The van der Waals surface area contributed by atoms with Gasteiger partial charge in [0, 0.05) is 26.2 Å². The minimum Gasteiger partial charge on any atom is -0.493 e. The second-order valence-electron chi connectivity index (χ2n) is 6.09. The van der Waals surface area contributed by atoms with E-state index in [-0.39, 0.29) is 5.91 Å². The maximum Gasteiger partial charge on any atom is 0.233 e. The predicted molar refractivity (Wildman–Crippen MR) is 84.7 cm³/mol. The minimum atomic E-state index is -0.428. The van der Waals surface area contributed by atoms with Gasteiger partial charge >= 0.3 is 0 Å². The number of nitrogens with zero attached hydrogens (tertiary/aromatic N) is 2. The van der Waals surface area contributed by atoms with Crippen molar-refractivity contribution in [3.63, 3.8) is 0 Å². The van der Waals surface area contributed by atoms with Crippen LogP contribution in [0.2, 0.25) is 0 Å². The maximum absolute atomic E-state index is 13.0. The number of hydrogen-bond acceptors (Lipinski definition) is 4. The number of carbonyl (C=O) groups is 2. The lowest BCUT2D eigenvalue weighted by Gasteiger charge is -2.35. The van der Waals surface area contributed by atoms with Crippen LogP contribution >= 0.6 is 0 Å². The van der Waals surface area contributed by atoms with Crippen molar-refractivity contribution >= 4 is 12.3 Å². The first-order valence-corrected chi connectivity index (χ1v) is 7.86. The van der Waals surface area contributed by atoms with E-state index in [9.17, 15) is 9.59 Å². The van der Waals surface area contributed by atoms with Gasteiger partial charge < -0.3 is 19.3 Å². The predicted octanol–water partition coefficient (Wildman–Crippen LogP) is 1.04. The van der Waals surface area contributed by atoms with Crippen molar-refractivity contribution in [2.75, 3.05) is 40.4 Å². The van der Waals surface area contributed by atoms with E-state index in [2.05, 4.69) is 0 Å². The smallest absolute Gasteiger partial charge is 0.233 e. The van der Waals surface area contributed by atoms with Gasteiger partial charge in [0.15, 0.2) is 11.5 Å². The van der Waals surface area contributed by atoms with Gasteiger partial charge in [-0.2, -0.15) is 0 Å². The zero-order valence-electron chi connectivity index (χ0n) is 13.6. The quantitative estimate of drug-likeness (QED) is 0.761. The first kappa shape index (κ1) is 15.6. The minimum absolute atomic E-state index is 0.162. The summed E-state index contributed by atoms with van der Waals surface area (Å²) >= 11 is 0.